The normalized spacial score (nSPS) is 18.4. The SMILES string of the molecule is CC.CCCCCCC(C)N1CCCC(Oc2ccc(-c3ccc(=O)n(C(F)P)c3)cc2)CC1. The molecular formula is C28H44FN2O2P. The van der Waals surface area contributed by atoms with E-state index in [2.05, 4.69) is 18.7 Å². The maximum atomic E-state index is 13.6. The van der Waals surface area contributed by atoms with E-state index in [1.54, 1.807) is 12.3 Å². The number of likely N-dealkylation sites (tertiary alicyclic amines) is 1. The second-order valence-corrected chi connectivity index (χ2v) is 9.52. The molecule has 4 unspecified atom stereocenters. The van der Waals surface area contributed by atoms with Gasteiger partial charge in [-0.15, -0.1) is 0 Å². The van der Waals surface area contributed by atoms with E-state index < -0.39 is 6.04 Å². The van der Waals surface area contributed by atoms with E-state index in [0.29, 0.717) is 6.04 Å². The predicted molar refractivity (Wildman–Crippen MR) is 145 cm³/mol. The van der Waals surface area contributed by atoms with Crippen LogP contribution in [0.5, 0.6) is 5.75 Å². The Morgan fingerprint density at radius 2 is 1.74 bits per heavy atom. The van der Waals surface area contributed by atoms with Gasteiger partial charge in [0.1, 0.15) is 5.75 Å². The smallest absolute Gasteiger partial charge is 0.253 e. The van der Waals surface area contributed by atoms with Crippen LogP contribution in [0.4, 0.5) is 4.39 Å². The standard InChI is InChI=1S/C26H38FN2O2P.C2H6/c1-3-4-5-6-8-20(2)28-17-7-9-23(16-18-28)31-24-13-10-21(11-14-24)22-12-15-25(30)29(19-22)26(27)32;1-2/h10-15,19-20,23,26H,3-9,16-18,32H2,1-2H3;1-2H3. The molecule has 0 bridgehead atoms. The quantitative estimate of drug-likeness (QED) is 0.256. The number of pyridine rings is 1. The van der Waals surface area contributed by atoms with E-state index in [0.717, 1.165) is 47.4 Å². The first-order valence-electron chi connectivity index (χ1n) is 13.1. The van der Waals surface area contributed by atoms with Crippen LogP contribution in [0.2, 0.25) is 0 Å². The van der Waals surface area contributed by atoms with Crippen LogP contribution in [-0.2, 0) is 0 Å². The summed E-state index contributed by atoms with van der Waals surface area (Å²) in [6, 6.07) is 10.2. The fourth-order valence-corrected chi connectivity index (χ4v) is 4.71. The first-order valence-corrected chi connectivity index (χ1v) is 13.8. The van der Waals surface area contributed by atoms with Crippen LogP contribution >= 0.6 is 9.24 Å². The molecule has 1 aliphatic heterocycles. The topological polar surface area (TPSA) is 34.5 Å². The van der Waals surface area contributed by atoms with Crippen molar-refractivity contribution in [2.75, 3.05) is 13.1 Å². The fraction of sp³-hybridized carbons (Fsp3) is 0.607. The average molecular weight is 491 g/mol. The van der Waals surface area contributed by atoms with Gasteiger partial charge in [-0.25, -0.2) is 4.39 Å². The molecule has 1 aromatic heterocycles. The average Bonchev–Trinajstić information content (AvgIpc) is 3.09. The lowest BCUT2D eigenvalue weighted by molar-refractivity contribution is 0.167. The number of aromatic nitrogens is 1. The summed E-state index contributed by atoms with van der Waals surface area (Å²) < 4.78 is 21.0. The van der Waals surface area contributed by atoms with Crippen LogP contribution in [0.3, 0.4) is 0 Å². The summed E-state index contributed by atoms with van der Waals surface area (Å²) >= 11 is 0. The van der Waals surface area contributed by atoms with Gasteiger partial charge >= 0.3 is 0 Å². The molecule has 34 heavy (non-hydrogen) atoms. The lowest BCUT2D eigenvalue weighted by Gasteiger charge is -2.27. The van der Waals surface area contributed by atoms with Crippen molar-refractivity contribution < 1.29 is 9.13 Å². The minimum absolute atomic E-state index is 0.240. The van der Waals surface area contributed by atoms with Gasteiger partial charge in [-0.05, 0) is 68.5 Å². The number of unbranched alkanes of at least 4 members (excludes halogenated alkanes) is 3. The number of nitrogens with zero attached hydrogens (tertiary/aromatic N) is 2. The van der Waals surface area contributed by atoms with Crippen molar-refractivity contribution in [3.8, 4) is 16.9 Å². The van der Waals surface area contributed by atoms with Crippen molar-refractivity contribution in [1.29, 1.82) is 0 Å². The summed E-state index contributed by atoms with van der Waals surface area (Å²) in [5.41, 5.74) is 1.38. The number of hydrogen-bond donors (Lipinski definition) is 0. The van der Waals surface area contributed by atoms with Crippen LogP contribution in [-0.4, -0.2) is 34.7 Å². The zero-order valence-electron chi connectivity index (χ0n) is 21.5. The molecule has 2 heterocycles. The number of ether oxygens (including phenoxy) is 1. The molecule has 2 aromatic rings. The van der Waals surface area contributed by atoms with Gasteiger partial charge in [0.05, 0.1) is 6.10 Å². The summed E-state index contributed by atoms with van der Waals surface area (Å²) in [4.78, 5) is 14.4. The zero-order valence-corrected chi connectivity index (χ0v) is 22.7. The number of hydrogen-bond acceptors (Lipinski definition) is 3. The molecule has 3 rings (SSSR count). The van der Waals surface area contributed by atoms with E-state index in [1.165, 1.54) is 44.6 Å². The lowest BCUT2D eigenvalue weighted by Crippen LogP contribution is -2.34. The van der Waals surface area contributed by atoms with Crippen LogP contribution in [0, 0.1) is 0 Å². The largest absolute Gasteiger partial charge is 0.490 e. The summed E-state index contributed by atoms with van der Waals surface area (Å²) in [6.45, 7) is 10.9. The molecule has 0 amide bonds. The van der Waals surface area contributed by atoms with Gasteiger partial charge in [-0.1, -0.05) is 67.8 Å². The maximum Gasteiger partial charge on any atom is 0.253 e. The third-order valence-electron chi connectivity index (χ3n) is 6.50. The molecule has 0 radical (unpaired) electrons. The fourth-order valence-electron chi connectivity index (χ4n) is 4.48. The molecule has 0 aliphatic carbocycles. The van der Waals surface area contributed by atoms with Gasteiger partial charge in [-0.3, -0.25) is 9.36 Å². The highest BCUT2D eigenvalue weighted by Gasteiger charge is 2.21. The minimum Gasteiger partial charge on any atom is -0.490 e. The van der Waals surface area contributed by atoms with Crippen molar-refractivity contribution in [3.63, 3.8) is 0 Å². The predicted octanol–water partition coefficient (Wildman–Crippen LogP) is 7.43. The second-order valence-electron chi connectivity index (χ2n) is 8.97. The highest BCUT2D eigenvalue weighted by atomic mass is 31.0. The first-order chi connectivity index (χ1) is 16.5. The number of halogens is 1. The third-order valence-corrected chi connectivity index (χ3v) is 6.82. The van der Waals surface area contributed by atoms with Crippen LogP contribution < -0.4 is 10.3 Å². The molecule has 190 valence electrons. The van der Waals surface area contributed by atoms with Crippen molar-refractivity contribution in [3.05, 3.63) is 52.9 Å². The van der Waals surface area contributed by atoms with Crippen molar-refractivity contribution >= 4 is 9.24 Å². The van der Waals surface area contributed by atoms with Crippen molar-refractivity contribution in [1.82, 2.24) is 9.47 Å². The Hall–Kier alpha value is -1.71. The number of rotatable bonds is 10. The van der Waals surface area contributed by atoms with Gasteiger partial charge in [-0.2, -0.15) is 0 Å². The molecule has 0 spiro atoms. The van der Waals surface area contributed by atoms with E-state index in [9.17, 15) is 9.18 Å². The second kappa shape index (κ2) is 15.3. The van der Waals surface area contributed by atoms with Gasteiger partial charge in [0.25, 0.3) is 5.56 Å². The summed E-state index contributed by atoms with van der Waals surface area (Å²) in [5.74, 6) is 0.863. The molecule has 1 aliphatic rings. The van der Waals surface area contributed by atoms with Gasteiger partial charge in [0, 0.05) is 24.8 Å². The highest BCUT2D eigenvalue weighted by molar-refractivity contribution is 7.16. The third kappa shape index (κ3) is 8.82. The van der Waals surface area contributed by atoms with Crippen LogP contribution in [0.25, 0.3) is 11.1 Å². The Morgan fingerprint density at radius 3 is 2.41 bits per heavy atom. The summed E-state index contributed by atoms with van der Waals surface area (Å²) in [6.07, 6.45) is 11.7. The lowest BCUT2D eigenvalue weighted by atomic mass is 10.1. The summed E-state index contributed by atoms with van der Waals surface area (Å²) in [5, 5.41) is 0. The maximum absolute atomic E-state index is 13.6. The molecule has 1 aromatic carbocycles. The Kier molecular flexibility index (Phi) is 12.9. The zero-order chi connectivity index (χ0) is 24.9. The minimum atomic E-state index is -1.43. The Balaban J connectivity index is 0.00000199. The van der Waals surface area contributed by atoms with Gasteiger partial charge in [0.2, 0.25) is 0 Å². The highest BCUT2D eigenvalue weighted by Crippen LogP contribution is 2.26. The van der Waals surface area contributed by atoms with E-state index in [-0.39, 0.29) is 11.7 Å². The van der Waals surface area contributed by atoms with Crippen molar-refractivity contribution in [2.45, 2.75) is 97.2 Å². The van der Waals surface area contributed by atoms with Crippen LogP contribution in [0.15, 0.2) is 47.4 Å². The van der Waals surface area contributed by atoms with Gasteiger partial charge in [0.15, 0.2) is 6.04 Å². The van der Waals surface area contributed by atoms with E-state index in [1.807, 2.05) is 47.4 Å². The first kappa shape index (κ1) is 28.5. The summed E-state index contributed by atoms with van der Waals surface area (Å²) in [7, 11) is 2.01. The molecule has 6 heteroatoms. The monoisotopic (exact) mass is 490 g/mol. The molecule has 1 fully saturated rings. The Morgan fingerprint density at radius 1 is 1.03 bits per heavy atom. The Bertz CT molecular complexity index is 885. The molecule has 4 atom stereocenters. The molecule has 0 saturated carbocycles. The van der Waals surface area contributed by atoms with E-state index >= 15 is 0 Å². The molecule has 4 nitrogen and oxygen atoms in total. The molecule has 1 saturated heterocycles. The van der Waals surface area contributed by atoms with Crippen LogP contribution in [0.1, 0.15) is 85.1 Å². The molecule has 0 N–H and O–H groups in total. The number of benzene rings is 1. The number of alkyl halides is 1. The van der Waals surface area contributed by atoms with Crippen molar-refractivity contribution in [2.24, 2.45) is 0 Å². The molecular weight excluding hydrogens is 446 g/mol. The Labute approximate surface area is 208 Å². The van der Waals surface area contributed by atoms with Gasteiger partial charge < -0.3 is 9.64 Å². The van der Waals surface area contributed by atoms with E-state index in [4.69, 9.17) is 4.74 Å².